The van der Waals surface area contributed by atoms with Crippen LogP contribution in [0.15, 0.2) is 27.8 Å². The molecule has 2 atom stereocenters. The van der Waals surface area contributed by atoms with Gasteiger partial charge in [-0.25, -0.2) is 0 Å². The smallest absolute Gasteiger partial charge is 0.193 e. The Morgan fingerprint density at radius 2 is 2.12 bits per heavy atom. The summed E-state index contributed by atoms with van der Waals surface area (Å²) in [5.74, 6) is 2.85. The Labute approximate surface area is 146 Å². The van der Waals surface area contributed by atoms with Crippen LogP contribution in [0.3, 0.4) is 0 Å². The van der Waals surface area contributed by atoms with Crippen LogP contribution in [0.5, 0.6) is 0 Å². The number of piperidine rings is 2. The van der Waals surface area contributed by atoms with Crippen LogP contribution in [0.25, 0.3) is 0 Å². The lowest BCUT2D eigenvalue weighted by molar-refractivity contribution is 0.145. The van der Waals surface area contributed by atoms with Crippen molar-refractivity contribution in [2.75, 3.05) is 39.8 Å². The number of hydrogen-bond donors (Lipinski definition) is 1. The van der Waals surface area contributed by atoms with Crippen molar-refractivity contribution < 1.29 is 4.42 Å². The highest BCUT2D eigenvalue weighted by Crippen LogP contribution is 2.24. The molecule has 0 aliphatic carbocycles. The number of guanidine groups is 1. The van der Waals surface area contributed by atoms with Crippen LogP contribution in [0.2, 0.25) is 0 Å². The minimum atomic E-state index is 0.291. The molecule has 2 aliphatic rings. The van der Waals surface area contributed by atoms with Gasteiger partial charge in [-0.05, 0) is 56.8 Å². The van der Waals surface area contributed by atoms with Crippen molar-refractivity contribution in [3.8, 4) is 0 Å². The molecule has 134 valence electrons. The first-order valence-corrected chi connectivity index (χ1v) is 9.51. The molecule has 5 nitrogen and oxygen atoms in total. The Morgan fingerprint density at radius 3 is 2.79 bits per heavy atom. The summed E-state index contributed by atoms with van der Waals surface area (Å²) in [4.78, 5) is 9.49. The molecule has 5 heteroatoms. The molecule has 2 aliphatic heterocycles. The summed E-state index contributed by atoms with van der Waals surface area (Å²) in [6, 6.07) is 4.39. The molecule has 0 spiro atoms. The Hall–Kier alpha value is -1.49. The Kier molecular flexibility index (Phi) is 6.18. The van der Waals surface area contributed by atoms with Crippen molar-refractivity contribution in [3.63, 3.8) is 0 Å². The molecule has 0 amide bonds. The van der Waals surface area contributed by atoms with Gasteiger partial charge in [-0.3, -0.25) is 9.89 Å². The Bertz CT molecular complexity index is 507. The number of furan rings is 1. The second-order valence-electron chi connectivity index (χ2n) is 7.25. The minimum absolute atomic E-state index is 0.291. The maximum atomic E-state index is 5.74. The van der Waals surface area contributed by atoms with Gasteiger partial charge in [0.15, 0.2) is 5.96 Å². The van der Waals surface area contributed by atoms with Crippen LogP contribution < -0.4 is 5.32 Å². The van der Waals surface area contributed by atoms with Crippen molar-refractivity contribution in [1.29, 1.82) is 0 Å². The lowest BCUT2D eigenvalue weighted by Crippen LogP contribution is -2.49. The zero-order valence-electron chi connectivity index (χ0n) is 15.2. The predicted octanol–water partition coefficient (Wildman–Crippen LogP) is 3.11. The third kappa shape index (κ3) is 4.32. The number of nitrogens with one attached hydrogen (secondary N) is 1. The van der Waals surface area contributed by atoms with E-state index in [0.717, 1.165) is 50.4 Å². The van der Waals surface area contributed by atoms with Crippen LogP contribution in [-0.2, 0) is 0 Å². The van der Waals surface area contributed by atoms with E-state index in [2.05, 4.69) is 33.1 Å². The first-order valence-electron chi connectivity index (χ1n) is 9.51. The van der Waals surface area contributed by atoms with Crippen LogP contribution in [0, 0.1) is 5.92 Å². The van der Waals surface area contributed by atoms with Crippen LogP contribution in [0.1, 0.15) is 50.8 Å². The molecule has 2 unspecified atom stereocenters. The van der Waals surface area contributed by atoms with Gasteiger partial charge in [-0.15, -0.1) is 0 Å². The average molecular weight is 332 g/mol. The fourth-order valence-corrected chi connectivity index (χ4v) is 4.02. The minimum Gasteiger partial charge on any atom is -0.468 e. The van der Waals surface area contributed by atoms with Crippen LogP contribution in [-0.4, -0.2) is 55.5 Å². The number of rotatable bonds is 4. The molecule has 0 bridgehead atoms. The predicted molar refractivity (Wildman–Crippen MR) is 98.2 cm³/mol. The van der Waals surface area contributed by atoms with Gasteiger partial charge in [-0.1, -0.05) is 13.3 Å². The SMILES string of the molecule is CN=C(NCC(c1ccco1)N1CCCCC1)N1CCCC(C)C1. The second-order valence-corrected chi connectivity index (χ2v) is 7.25. The van der Waals surface area contributed by atoms with Gasteiger partial charge in [0.1, 0.15) is 5.76 Å². The van der Waals surface area contributed by atoms with Gasteiger partial charge in [0, 0.05) is 26.7 Å². The molecule has 0 aromatic carbocycles. The highest BCUT2D eigenvalue weighted by molar-refractivity contribution is 5.80. The standard InChI is InChI=1S/C19H32N4O/c1-16-8-6-12-23(15-16)19(20-2)21-14-17(18-9-7-13-24-18)22-10-4-3-5-11-22/h7,9,13,16-17H,3-6,8,10-12,14-15H2,1-2H3,(H,20,21). The van der Waals surface area contributed by atoms with Gasteiger partial charge < -0.3 is 14.6 Å². The van der Waals surface area contributed by atoms with Crippen molar-refractivity contribution in [2.45, 2.75) is 45.1 Å². The summed E-state index contributed by atoms with van der Waals surface area (Å²) >= 11 is 0. The van der Waals surface area contributed by atoms with Gasteiger partial charge in [0.25, 0.3) is 0 Å². The van der Waals surface area contributed by atoms with Gasteiger partial charge in [0.2, 0.25) is 0 Å². The van der Waals surface area contributed by atoms with Crippen LogP contribution in [0.4, 0.5) is 0 Å². The van der Waals surface area contributed by atoms with Crippen molar-refractivity contribution in [3.05, 3.63) is 24.2 Å². The Morgan fingerprint density at radius 1 is 1.29 bits per heavy atom. The third-order valence-electron chi connectivity index (χ3n) is 5.32. The van der Waals surface area contributed by atoms with Gasteiger partial charge >= 0.3 is 0 Å². The summed E-state index contributed by atoms with van der Waals surface area (Å²) in [6.45, 7) is 7.72. The van der Waals surface area contributed by atoms with E-state index in [4.69, 9.17) is 4.42 Å². The fraction of sp³-hybridized carbons (Fsp3) is 0.737. The number of aliphatic imine (C=N–C) groups is 1. The molecular formula is C19H32N4O. The van der Waals surface area contributed by atoms with E-state index in [1.165, 1.54) is 32.1 Å². The zero-order chi connectivity index (χ0) is 16.8. The van der Waals surface area contributed by atoms with Crippen molar-refractivity contribution in [2.24, 2.45) is 10.9 Å². The fourth-order valence-electron chi connectivity index (χ4n) is 4.02. The number of hydrogen-bond acceptors (Lipinski definition) is 3. The third-order valence-corrected chi connectivity index (χ3v) is 5.32. The first kappa shape index (κ1) is 17.3. The normalized spacial score (nSPS) is 24.8. The summed E-state index contributed by atoms with van der Waals surface area (Å²) in [5.41, 5.74) is 0. The molecule has 1 aromatic heterocycles. The molecular weight excluding hydrogens is 300 g/mol. The van der Waals surface area contributed by atoms with Crippen LogP contribution >= 0.6 is 0 Å². The van der Waals surface area contributed by atoms with Gasteiger partial charge in [-0.2, -0.15) is 0 Å². The molecule has 0 radical (unpaired) electrons. The van der Waals surface area contributed by atoms with E-state index in [1.807, 2.05) is 13.1 Å². The number of nitrogens with zero attached hydrogens (tertiary/aromatic N) is 3. The molecule has 3 rings (SSSR count). The highest BCUT2D eigenvalue weighted by atomic mass is 16.3. The summed E-state index contributed by atoms with van der Waals surface area (Å²) < 4.78 is 5.74. The largest absolute Gasteiger partial charge is 0.468 e. The zero-order valence-corrected chi connectivity index (χ0v) is 15.2. The van der Waals surface area contributed by atoms with E-state index in [1.54, 1.807) is 6.26 Å². The van der Waals surface area contributed by atoms with E-state index in [9.17, 15) is 0 Å². The first-order chi connectivity index (χ1) is 11.8. The average Bonchev–Trinajstić information content (AvgIpc) is 3.14. The lowest BCUT2D eigenvalue weighted by atomic mass is 10.0. The maximum absolute atomic E-state index is 5.74. The summed E-state index contributed by atoms with van der Waals surface area (Å²) in [6.07, 6.45) is 8.30. The topological polar surface area (TPSA) is 44.0 Å². The molecule has 1 aromatic rings. The van der Waals surface area contributed by atoms with E-state index < -0.39 is 0 Å². The molecule has 24 heavy (non-hydrogen) atoms. The van der Waals surface area contributed by atoms with E-state index in [-0.39, 0.29) is 0 Å². The second kappa shape index (κ2) is 8.56. The molecule has 3 heterocycles. The van der Waals surface area contributed by atoms with Crippen molar-refractivity contribution >= 4 is 5.96 Å². The molecule has 0 saturated carbocycles. The summed E-state index contributed by atoms with van der Waals surface area (Å²) in [7, 11) is 1.89. The number of likely N-dealkylation sites (tertiary alicyclic amines) is 2. The van der Waals surface area contributed by atoms with Crippen molar-refractivity contribution in [1.82, 2.24) is 15.1 Å². The highest BCUT2D eigenvalue weighted by Gasteiger charge is 2.26. The van der Waals surface area contributed by atoms with E-state index in [0.29, 0.717) is 6.04 Å². The molecule has 1 N–H and O–H groups in total. The Balaban J connectivity index is 1.63. The monoisotopic (exact) mass is 332 g/mol. The quantitative estimate of drug-likeness (QED) is 0.680. The maximum Gasteiger partial charge on any atom is 0.193 e. The van der Waals surface area contributed by atoms with Gasteiger partial charge in [0.05, 0.1) is 12.3 Å². The molecule has 2 saturated heterocycles. The lowest BCUT2D eigenvalue weighted by Gasteiger charge is -2.36. The molecule has 2 fully saturated rings. The summed E-state index contributed by atoms with van der Waals surface area (Å²) in [5, 5.41) is 3.62. The van der Waals surface area contributed by atoms with E-state index >= 15 is 0 Å².